The van der Waals surface area contributed by atoms with Gasteiger partial charge in [0.15, 0.2) is 6.04 Å². The number of carboxylic acids is 1. The number of hydrogen-bond donors (Lipinski definition) is 3. The van der Waals surface area contributed by atoms with Crippen molar-refractivity contribution in [3.63, 3.8) is 0 Å². The highest BCUT2D eigenvalue weighted by atomic mass is 32.1. The second-order valence-corrected chi connectivity index (χ2v) is 6.43. The molecule has 1 fully saturated rings. The molecule has 1 aliphatic rings. The van der Waals surface area contributed by atoms with E-state index in [9.17, 15) is 14.7 Å². The summed E-state index contributed by atoms with van der Waals surface area (Å²) in [6.07, 6.45) is 5.10. The van der Waals surface area contributed by atoms with E-state index in [1.54, 1.807) is 17.5 Å². The Hall–Kier alpha value is -1.40. The van der Waals surface area contributed by atoms with Crippen LogP contribution in [0.3, 0.4) is 0 Å². The molecule has 5 nitrogen and oxygen atoms in total. The highest BCUT2D eigenvalue weighted by Crippen LogP contribution is 2.29. The minimum atomic E-state index is -1.05. The second-order valence-electron chi connectivity index (χ2n) is 5.45. The summed E-state index contributed by atoms with van der Waals surface area (Å²) in [6.45, 7) is 0. The molecule has 20 heavy (non-hydrogen) atoms. The Bertz CT molecular complexity index is 467. The monoisotopic (exact) mass is 296 g/mol. The molecule has 1 saturated carbocycles. The van der Waals surface area contributed by atoms with E-state index < -0.39 is 17.6 Å². The van der Waals surface area contributed by atoms with Crippen LogP contribution >= 0.6 is 11.3 Å². The van der Waals surface area contributed by atoms with Gasteiger partial charge in [0.25, 0.3) is 0 Å². The van der Waals surface area contributed by atoms with Crippen LogP contribution in [0, 0.1) is 0 Å². The van der Waals surface area contributed by atoms with Crippen LogP contribution in [0.5, 0.6) is 0 Å². The SMILES string of the molecule is NC1(CC(=O)NC(C(=O)O)c2cccs2)CCCCC1. The summed E-state index contributed by atoms with van der Waals surface area (Å²) in [5.41, 5.74) is 5.75. The van der Waals surface area contributed by atoms with Crippen LogP contribution in [0.4, 0.5) is 0 Å². The van der Waals surface area contributed by atoms with Gasteiger partial charge in [-0.05, 0) is 24.3 Å². The molecule has 0 spiro atoms. The van der Waals surface area contributed by atoms with Crippen molar-refractivity contribution in [3.8, 4) is 0 Å². The van der Waals surface area contributed by atoms with Crippen molar-refractivity contribution in [1.82, 2.24) is 5.32 Å². The quantitative estimate of drug-likeness (QED) is 0.775. The van der Waals surface area contributed by atoms with E-state index in [2.05, 4.69) is 5.32 Å². The highest BCUT2D eigenvalue weighted by molar-refractivity contribution is 7.10. The van der Waals surface area contributed by atoms with Crippen molar-refractivity contribution in [3.05, 3.63) is 22.4 Å². The lowest BCUT2D eigenvalue weighted by molar-refractivity contribution is -0.142. The fourth-order valence-electron chi connectivity index (χ4n) is 2.67. The van der Waals surface area contributed by atoms with Crippen LogP contribution in [0.15, 0.2) is 17.5 Å². The normalized spacial score (nSPS) is 19.2. The van der Waals surface area contributed by atoms with E-state index in [0.29, 0.717) is 4.88 Å². The number of amides is 1. The Morgan fingerprint density at radius 3 is 2.65 bits per heavy atom. The molecule has 4 N–H and O–H groups in total. The van der Waals surface area contributed by atoms with Crippen LogP contribution < -0.4 is 11.1 Å². The molecular weight excluding hydrogens is 276 g/mol. The number of hydrogen-bond acceptors (Lipinski definition) is 4. The average Bonchev–Trinajstić information content (AvgIpc) is 2.89. The number of nitrogens with two attached hydrogens (primary N) is 1. The van der Waals surface area contributed by atoms with E-state index in [4.69, 9.17) is 5.73 Å². The van der Waals surface area contributed by atoms with E-state index in [1.807, 2.05) is 0 Å². The molecule has 0 bridgehead atoms. The Balaban J connectivity index is 1.97. The van der Waals surface area contributed by atoms with Gasteiger partial charge in [-0.1, -0.05) is 25.3 Å². The lowest BCUT2D eigenvalue weighted by Gasteiger charge is -2.33. The predicted molar refractivity (Wildman–Crippen MR) is 77.5 cm³/mol. The minimum absolute atomic E-state index is 0.197. The van der Waals surface area contributed by atoms with Crippen molar-refractivity contribution < 1.29 is 14.7 Å². The number of nitrogens with one attached hydrogen (secondary N) is 1. The van der Waals surface area contributed by atoms with Crippen LogP contribution in [0.2, 0.25) is 0 Å². The fourth-order valence-corrected chi connectivity index (χ4v) is 3.44. The van der Waals surface area contributed by atoms with Gasteiger partial charge in [-0.3, -0.25) is 4.79 Å². The summed E-state index contributed by atoms with van der Waals surface area (Å²) < 4.78 is 0. The first kappa shape index (κ1) is 15.0. The first-order valence-electron chi connectivity index (χ1n) is 6.85. The van der Waals surface area contributed by atoms with Crippen LogP contribution in [0.1, 0.15) is 49.4 Å². The van der Waals surface area contributed by atoms with Gasteiger partial charge in [0.2, 0.25) is 5.91 Å². The molecule has 0 aromatic carbocycles. The predicted octanol–water partition coefficient (Wildman–Crippen LogP) is 2.04. The molecule has 1 amide bonds. The van der Waals surface area contributed by atoms with Gasteiger partial charge in [-0.25, -0.2) is 4.79 Å². The van der Waals surface area contributed by atoms with Gasteiger partial charge in [0.1, 0.15) is 0 Å². The highest BCUT2D eigenvalue weighted by Gasteiger charge is 2.32. The summed E-state index contributed by atoms with van der Waals surface area (Å²) in [4.78, 5) is 24.0. The second kappa shape index (κ2) is 6.37. The molecule has 110 valence electrons. The van der Waals surface area contributed by atoms with Gasteiger partial charge in [-0.15, -0.1) is 11.3 Å². The maximum atomic E-state index is 12.1. The number of rotatable bonds is 5. The van der Waals surface area contributed by atoms with Gasteiger partial charge in [0, 0.05) is 16.8 Å². The molecule has 1 unspecified atom stereocenters. The first-order valence-corrected chi connectivity index (χ1v) is 7.73. The third kappa shape index (κ3) is 3.80. The number of thiophene rings is 1. The number of carbonyl (C=O) groups excluding carboxylic acids is 1. The van der Waals surface area contributed by atoms with Crippen LogP contribution in [0.25, 0.3) is 0 Å². The Morgan fingerprint density at radius 2 is 2.10 bits per heavy atom. The number of carbonyl (C=O) groups is 2. The molecule has 2 rings (SSSR count). The van der Waals surface area contributed by atoms with Crippen LogP contribution in [-0.2, 0) is 9.59 Å². The third-order valence-corrected chi connectivity index (χ3v) is 4.68. The molecular formula is C14H20N2O3S. The fraction of sp³-hybridized carbons (Fsp3) is 0.571. The molecule has 0 saturated heterocycles. The number of aliphatic carboxylic acids is 1. The number of carboxylic acid groups (broad SMARTS) is 1. The summed E-state index contributed by atoms with van der Waals surface area (Å²) >= 11 is 1.32. The zero-order valence-electron chi connectivity index (χ0n) is 11.3. The summed E-state index contributed by atoms with van der Waals surface area (Å²) in [5, 5.41) is 13.6. The Labute approximate surface area is 122 Å². The molecule has 1 aromatic heterocycles. The summed E-state index contributed by atoms with van der Waals surface area (Å²) in [7, 11) is 0. The van der Waals surface area contributed by atoms with Gasteiger partial charge < -0.3 is 16.2 Å². The van der Waals surface area contributed by atoms with Crippen molar-refractivity contribution >= 4 is 23.2 Å². The smallest absolute Gasteiger partial charge is 0.331 e. The zero-order valence-corrected chi connectivity index (χ0v) is 12.1. The van der Waals surface area contributed by atoms with Crippen molar-refractivity contribution in [2.75, 3.05) is 0 Å². The zero-order chi connectivity index (χ0) is 14.6. The lowest BCUT2D eigenvalue weighted by atomic mass is 9.80. The summed E-state index contributed by atoms with van der Waals surface area (Å²) in [6, 6.07) is 2.51. The molecule has 1 aliphatic carbocycles. The average molecular weight is 296 g/mol. The standard InChI is InChI=1S/C14H20N2O3S/c15-14(6-2-1-3-7-14)9-11(17)16-12(13(18)19)10-5-4-8-20-10/h4-5,8,12H,1-3,6-7,9,15H2,(H,16,17)(H,18,19). The maximum absolute atomic E-state index is 12.1. The van der Waals surface area contributed by atoms with Gasteiger partial charge in [0.05, 0.1) is 0 Å². The van der Waals surface area contributed by atoms with E-state index in [0.717, 1.165) is 32.1 Å². The molecule has 1 heterocycles. The summed E-state index contributed by atoms with van der Waals surface area (Å²) in [5.74, 6) is -1.33. The first-order chi connectivity index (χ1) is 9.50. The van der Waals surface area contributed by atoms with Crippen molar-refractivity contribution in [2.24, 2.45) is 5.73 Å². The topological polar surface area (TPSA) is 92.4 Å². The van der Waals surface area contributed by atoms with Gasteiger partial charge in [-0.2, -0.15) is 0 Å². The van der Waals surface area contributed by atoms with E-state index >= 15 is 0 Å². The molecule has 0 radical (unpaired) electrons. The molecule has 0 aliphatic heterocycles. The molecule has 6 heteroatoms. The third-order valence-electron chi connectivity index (χ3n) is 3.74. The Morgan fingerprint density at radius 1 is 1.40 bits per heavy atom. The lowest BCUT2D eigenvalue weighted by Crippen LogP contribution is -2.47. The van der Waals surface area contributed by atoms with Crippen LogP contribution in [-0.4, -0.2) is 22.5 Å². The van der Waals surface area contributed by atoms with Gasteiger partial charge >= 0.3 is 5.97 Å². The van der Waals surface area contributed by atoms with Crippen molar-refractivity contribution in [2.45, 2.75) is 50.1 Å². The Kier molecular flexibility index (Phi) is 4.77. The van der Waals surface area contributed by atoms with E-state index in [1.165, 1.54) is 11.3 Å². The minimum Gasteiger partial charge on any atom is -0.479 e. The maximum Gasteiger partial charge on any atom is 0.331 e. The largest absolute Gasteiger partial charge is 0.479 e. The van der Waals surface area contributed by atoms with Crippen molar-refractivity contribution in [1.29, 1.82) is 0 Å². The molecule has 1 atom stereocenters. The van der Waals surface area contributed by atoms with E-state index in [-0.39, 0.29) is 12.3 Å². The molecule has 1 aromatic rings.